The van der Waals surface area contributed by atoms with Crippen molar-refractivity contribution in [2.24, 2.45) is 5.73 Å². The molecule has 1 atom stereocenters. The number of hydrogen-bond donors (Lipinski definition) is 2. The molecule has 0 heterocycles. The third-order valence-electron chi connectivity index (χ3n) is 1.88. The molecular weight excluding hydrogens is 137 g/mol. The molecule has 2 nitrogen and oxygen atoms in total. The first-order valence-corrected chi connectivity index (χ1v) is 4.22. The minimum absolute atomic E-state index is 0.176. The molecule has 0 rings (SSSR count). The summed E-state index contributed by atoms with van der Waals surface area (Å²) in [6.45, 7) is 2.15. The van der Waals surface area contributed by atoms with Crippen LogP contribution in [0.5, 0.6) is 0 Å². The number of aliphatic hydroxyl groups is 1. The zero-order valence-corrected chi connectivity index (χ0v) is 7.34. The van der Waals surface area contributed by atoms with Gasteiger partial charge in [-0.05, 0) is 19.8 Å². The van der Waals surface area contributed by atoms with Crippen LogP contribution < -0.4 is 5.73 Å². The molecule has 0 aromatic heterocycles. The molecule has 0 fully saturated rings. The van der Waals surface area contributed by atoms with E-state index < -0.39 is 0 Å². The molecule has 3 N–H and O–H groups in total. The number of unbranched alkanes of at least 4 members (excludes halogenated alkanes) is 1. The van der Waals surface area contributed by atoms with Crippen LogP contribution in [0.4, 0.5) is 0 Å². The van der Waals surface area contributed by atoms with Gasteiger partial charge in [-0.1, -0.05) is 19.2 Å². The van der Waals surface area contributed by atoms with Crippen molar-refractivity contribution in [1.82, 2.24) is 0 Å². The second kappa shape index (κ2) is 5.61. The lowest BCUT2D eigenvalue weighted by Gasteiger charge is -2.23. The van der Waals surface area contributed by atoms with E-state index in [2.05, 4.69) is 0 Å². The van der Waals surface area contributed by atoms with Crippen molar-refractivity contribution in [3.8, 4) is 0 Å². The molecule has 0 aromatic carbocycles. The summed E-state index contributed by atoms with van der Waals surface area (Å²) in [4.78, 5) is 0. The molecule has 11 heavy (non-hydrogen) atoms. The Hall–Kier alpha value is -0.0151. The number of aliphatic hydroxyl groups excluding tert-OH is 1. The van der Waals surface area contributed by atoms with Gasteiger partial charge in [0.1, 0.15) is 0 Å². The monoisotopic (exact) mass is 155 g/mol. The Labute approximate surface area is 70.6 Å². The first-order chi connectivity index (χ1) is 5.12. The van der Waals surface area contributed by atoms with Crippen molar-refractivity contribution in [1.29, 1.82) is 0 Å². The van der Waals surface area contributed by atoms with Gasteiger partial charge in [0.05, 0.1) is 7.85 Å². The van der Waals surface area contributed by atoms with Gasteiger partial charge in [-0.25, -0.2) is 0 Å². The van der Waals surface area contributed by atoms with E-state index in [0.717, 1.165) is 25.6 Å². The molecule has 0 amide bonds. The maximum Gasteiger partial charge on any atom is 0.0653 e. The zero-order valence-electron chi connectivity index (χ0n) is 7.34. The first-order valence-electron chi connectivity index (χ1n) is 4.22. The Bertz CT molecular complexity index is 96.1. The lowest BCUT2D eigenvalue weighted by molar-refractivity contribution is 0.238. The van der Waals surface area contributed by atoms with Gasteiger partial charge in [0, 0.05) is 12.1 Å². The predicted molar refractivity (Wildman–Crippen MR) is 48.7 cm³/mol. The molecule has 2 radical (unpaired) electrons. The van der Waals surface area contributed by atoms with Crippen molar-refractivity contribution in [3.63, 3.8) is 0 Å². The van der Waals surface area contributed by atoms with Crippen LogP contribution in [0.25, 0.3) is 0 Å². The van der Waals surface area contributed by atoms with Crippen LogP contribution in [0, 0.1) is 0 Å². The molecule has 0 spiro atoms. The molecule has 0 bridgehead atoms. The van der Waals surface area contributed by atoms with Crippen molar-refractivity contribution in [2.75, 3.05) is 6.61 Å². The van der Waals surface area contributed by atoms with Gasteiger partial charge in [-0.3, -0.25) is 0 Å². The summed E-state index contributed by atoms with van der Waals surface area (Å²) < 4.78 is 0. The van der Waals surface area contributed by atoms with Crippen molar-refractivity contribution in [3.05, 3.63) is 0 Å². The fourth-order valence-corrected chi connectivity index (χ4v) is 1.05. The van der Waals surface area contributed by atoms with E-state index in [1.807, 2.05) is 6.92 Å². The van der Waals surface area contributed by atoms with E-state index in [1.54, 1.807) is 0 Å². The highest BCUT2D eigenvalue weighted by Crippen LogP contribution is 2.14. The number of rotatable bonds is 6. The summed E-state index contributed by atoms with van der Waals surface area (Å²) >= 11 is 0. The first kappa shape index (κ1) is 11.0. The molecule has 0 aliphatic carbocycles. The summed E-state index contributed by atoms with van der Waals surface area (Å²) in [5.41, 5.74) is 5.66. The highest BCUT2D eigenvalue weighted by molar-refractivity contribution is 6.08. The van der Waals surface area contributed by atoms with Crippen LogP contribution >= 0.6 is 0 Å². The smallest absolute Gasteiger partial charge is 0.0653 e. The topological polar surface area (TPSA) is 46.2 Å². The molecule has 0 saturated heterocycles. The Balaban J connectivity index is 3.38. The zero-order chi connectivity index (χ0) is 8.74. The third-order valence-corrected chi connectivity index (χ3v) is 1.88. The minimum atomic E-state index is -0.204. The molecule has 0 aliphatic rings. The largest absolute Gasteiger partial charge is 0.396 e. The van der Waals surface area contributed by atoms with Crippen LogP contribution in [0.2, 0.25) is 6.32 Å². The molecule has 64 valence electrons. The van der Waals surface area contributed by atoms with Crippen molar-refractivity contribution < 1.29 is 5.11 Å². The highest BCUT2D eigenvalue weighted by atomic mass is 16.3. The van der Waals surface area contributed by atoms with Crippen LogP contribution in [0.3, 0.4) is 0 Å². The van der Waals surface area contributed by atoms with Gasteiger partial charge in [0.25, 0.3) is 0 Å². The SMILES string of the molecule is [B]CCCCC(C)(N)CCO. The fraction of sp³-hybridized carbons (Fsp3) is 1.00. The van der Waals surface area contributed by atoms with Gasteiger partial charge in [0.2, 0.25) is 0 Å². The molecule has 0 aliphatic heterocycles. The molecule has 1 unspecified atom stereocenters. The lowest BCUT2D eigenvalue weighted by Crippen LogP contribution is -2.36. The summed E-state index contributed by atoms with van der Waals surface area (Å²) in [5, 5.41) is 8.65. The maximum absolute atomic E-state index is 8.65. The fourth-order valence-electron chi connectivity index (χ4n) is 1.05. The van der Waals surface area contributed by atoms with E-state index in [-0.39, 0.29) is 12.1 Å². The average Bonchev–Trinajstić information content (AvgIpc) is 1.87. The van der Waals surface area contributed by atoms with Crippen molar-refractivity contribution in [2.45, 2.75) is 44.5 Å². The second-order valence-electron chi connectivity index (χ2n) is 3.37. The Kier molecular flexibility index (Phi) is 5.60. The normalized spacial score (nSPS) is 16.3. The van der Waals surface area contributed by atoms with Crippen LogP contribution in [0.1, 0.15) is 32.6 Å². The summed E-state index contributed by atoms with van der Waals surface area (Å²) in [7, 11) is 5.34. The lowest BCUT2D eigenvalue weighted by atomic mass is 9.90. The highest BCUT2D eigenvalue weighted by Gasteiger charge is 2.15. The molecule has 3 heteroatoms. The summed E-state index contributed by atoms with van der Waals surface area (Å²) in [5.74, 6) is 0. The predicted octanol–water partition coefficient (Wildman–Crippen LogP) is 0.843. The van der Waals surface area contributed by atoms with E-state index in [9.17, 15) is 0 Å². The van der Waals surface area contributed by atoms with Gasteiger partial charge in [0.15, 0.2) is 0 Å². The second-order valence-corrected chi connectivity index (χ2v) is 3.37. The van der Waals surface area contributed by atoms with Gasteiger partial charge in [-0.15, -0.1) is 0 Å². The van der Waals surface area contributed by atoms with E-state index >= 15 is 0 Å². The average molecular weight is 155 g/mol. The Morgan fingerprint density at radius 1 is 1.36 bits per heavy atom. The van der Waals surface area contributed by atoms with Crippen LogP contribution in [0.15, 0.2) is 0 Å². The van der Waals surface area contributed by atoms with E-state index in [1.165, 1.54) is 0 Å². The van der Waals surface area contributed by atoms with Gasteiger partial charge < -0.3 is 10.8 Å². The minimum Gasteiger partial charge on any atom is -0.396 e. The summed E-state index contributed by atoms with van der Waals surface area (Å²) in [6.07, 6.45) is 4.44. The maximum atomic E-state index is 8.65. The quantitative estimate of drug-likeness (QED) is 0.441. The van der Waals surface area contributed by atoms with Gasteiger partial charge >= 0.3 is 0 Å². The van der Waals surface area contributed by atoms with Crippen LogP contribution in [-0.2, 0) is 0 Å². The third kappa shape index (κ3) is 6.39. The van der Waals surface area contributed by atoms with Gasteiger partial charge in [-0.2, -0.15) is 0 Å². The molecular formula is C8H18BNO. The number of nitrogens with two attached hydrogens (primary N) is 1. The van der Waals surface area contributed by atoms with Crippen molar-refractivity contribution >= 4 is 7.85 Å². The molecule has 0 aromatic rings. The van der Waals surface area contributed by atoms with E-state index in [0.29, 0.717) is 6.42 Å². The Morgan fingerprint density at radius 3 is 2.45 bits per heavy atom. The number of hydrogen-bond acceptors (Lipinski definition) is 2. The molecule has 0 saturated carbocycles. The van der Waals surface area contributed by atoms with Crippen LogP contribution in [-0.4, -0.2) is 25.1 Å². The van der Waals surface area contributed by atoms with E-state index in [4.69, 9.17) is 18.7 Å². The standard InChI is InChI=1S/C8H18BNO/c1-8(10,5-7-11)4-2-3-6-9/h11H,2-7,10H2,1H3. The summed E-state index contributed by atoms with van der Waals surface area (Å²) in [6, 6.07) is 0. The Morgan fingerprint density at radius 2 is 2.00 bits per heavy atom.